The molecule has 1 aliphatic heterocycles. The Morgan fingerprint density at radius 3 is 2.57 bits per heavy atom. The average Bonchev–Trinajstić information content (AvgIpc) is 3.33. The second-order valence-corrected chi connectivity index (χ2v) is 6.64. The summed E-state index contributed by atoms with van der Waals surface area (Å²) in [5.41, 5.74) is 1.43. The van der Waals surface area contributed by atoms with Crippen LogP contribution in [0.5, 0.6) is 5.75 Å². The van der Waals surface area contributed by atoms with Crippen molar-refractivity contribution in [2.45, 2.75) is 44.2 Å². The van der Waals surface area contributed by atoms with E-state index >= 15 is 0 Å². The topological polar surface area (TPSA) is 24.5 Å². The van der Waals surface area contributed by atoms with Gasteiger partial charge in [-0.15, -0.1) is 0 Å². The molecule has 0 spiro atoms. The van der Waals surface area contributed by atoms with Crippen LogP contribution in [-0.4, -0.2) is 38.2 Å². The summed E-state index contributed by atoms with van der Waals surface area (Å²) in [5, 5.41) is 3.75. The Labute approximate surface area is 128 Å². The maximum absolute atomic E-state index is 5.30. The van der Waals surface area contributed by atoms with Crippen molar-refractivity contribution in [3.63, 3.8) is 0 Å². The zero-order valence-electron chi connectivity index (χ0n) is 13.3. The number of benzene rings is 1. The molecule has 1 saturated carbocycles. The molecule has 1 N–H and O–H groups in total. The van der Waals surface area contributed by atoms with Gasteiger partial charge in [-0.1, -0.05) is 18.6 Å². The summed E-state index contributed by atoms with van der Waals surface area (Å²) < 4.78 is 5.30. The van der Waals surface area contributed by atoms with Crippen molar-refractivity contribution < 1.29 is 4.74 Å². The van der Waals surface area contributed by atoms with E-state index in [1.165, 1.54) is 44.2 Å². The monoisotopic (exact) mass is 288 g/mol. The molecular formula is C18H28N2O. The van der Waals surface area contributed by atoms with Crippen molar-refractivity contribution in [3.8, 4) is 5.75 Å². The van der Waals surface area contributed by atoms with E-state index in [0.717, 1.165) is 18.3 Å². The van der Waals surface area contributed by atoms with E-state index in [4.69, 9.17) is 4.74 Å². The lowest BCUT2D eigenvalue weighted by molar-refractivity contribution is 0.188. The summed E-state index contributed by atoms with van der Waals surface area (Å²) in [4.78, 5) is 2.55. The van der Waals surface area contributed by atoms with Gasteiger partial charge < -0.3 is 10.1 Å². The molecule has 3 nitrogen and oxygen atoms in total. The lowest BCUT2D eigenvalue weighted by Gasteiger charge is -2.33. The minimum absolute atomic E-state index is 0.532. The number of likely N-dealkylation sites (tertiary alicyclic amines) is 1. The normalized spacial score (nSPS) is 27.3. The minimum atomic E-state index is 0.532. The van der Waals surface area contributed by atoms with Crippen molar-refractivity contribution in [3.05, 3.63) is 29.8 Å². The Balaban J connectivity index is 1.76. The maximum atomic E-state index is 5.30. The second kappa shape index (κ2) is 6.80. The molecule has 1 aromatic rings. The number of methoxy groups -OCH3 is 1. The van der Waals surface area contributed by atoms with Crippen LogP contribution in [0, 0.1) is 5.92 Å². The van der Waals surface area contributed by atoms with Gasteiger partial charge >= 0.3 is 0 Å². The third-order valence-electron chi connectivity index (χ3n) is 4.96. The molecule has 21 heavy (non-hydrogen) atoms. The first-order valence-corrected chi connectivity index (χ1v) is 8.35. The van der Waals surface area contributed by atoms with E-state index in [2.05, 4.69) is 41.5 Å². The van der Waals surface area contributed by atoms with Gasteiger partial charge in [-0.3, -0.25) is 4.90 Å². The van der Waals surface area contributed by atoms with Crippen molar-refractivity contribution in [2.24, 2.45) is 5.92 Å². The molecule has 1 aromatic carbocycles. The molecule has 0 aromatic heterocycles. The minimum Gasteiger partial charge on any atom is -0.497 e. The Morgan fingerprint density at radius 1 is 1.14 bits per heavy atom. The lowest BCUT2D eigenvalue weighted by Crippen LogP contribution is -2.35. The molecule has 2 atom stereocenters. The molecule has 0 radical (unpaired) electrons. The van der Waals surface area contributed by atoms with E-state index < -0.39 is 0 Å². The van der Waals surface area contributed by atoms with E-state index in [1.54, 1.807) is 7.11 Å². The number of ether oxygens (including phenoxy) is 1. The molecule has 116 valence electrons. The third kappa shape index (κ3) is 3.78. The Bertz CT molecular complexity index is 441. The van der Waals surface area contributed by atoms with Crippen molar-refractivity contribution >= 4 is 0 Å². The average molecular weight is 288 g/mol. The molecule has 3 rings (SSSR count). The molecule has 2 fully saturated rings. The molecule has 1 aliphatic carbocycles. The molecule has 1 saturated heterocycles. The Hall–Kier alpha value is -1.06. The van der Waals surface area contributed by atoms with Gasteiger partial charge in [0.1, 0.15) is 5.75 Å². The Morgan fingerprint density at radius 2 is 1.90 bits per heavy atom. The summed E-state index contributed by atoms with van der Waals surface area (Å²) in [6.07, 6.45) is 6.75. The zero-order valence-corrected chi connectivity index (χ0v) is 13.3. The van der Waals surface area contributed by atoms with Gasteiger partial charge in [-0.25, -0.2) is 0 Å². The predicted octanol–water partition coefficient (Wildman–Crippen LogP) is 3.22. The van der Waals surface area contributed by atoms with E-state index in [-0.39, 0.29) is 0 Å². The highest BCUT2D eigenvalue weighted by molar-refractivity contribution is 5.29. The fourth-order valence-corrected chi connectivity index (χ4v) is 3.57. The van der Waals surface area contributed by atoms with Gasteiger partial charge in [-0.05, 0) is 62.9 Å². The van der Waals surface area contributed by atoms with Crippen LogP contribution in [0.3, 0.4) is 0 Å². The largest absolute Gasteiger partial charge is 0.497 e. The van der Waals surface area contributed by atoms with Crippen LogP contribution in [0.1, 0.15) is 43.7 Å². The highest BCUT2D eigenvalue weighted by Gasteiger charge is 2.30. The SMILES string of the molecule is COc1ccc(C2C(CNC3CC3)CCCCN2C)cc1. The fraction of sp³-hybridized carbons (Fsp3) is 0.667. The quantitative estimate of drug-likeness (QED) is 0.900. The van der Waals surface area contributed by atoms with Gasteiger partial charge in [0, 0.05) is 18.6 Å². The smallest absolute Gasteiger partial charge is 0.118 e. The summed E-state index contributed by atoms with van der Waals surface area (Å²) in [5.74, 6) is 1.66. The van der Waals surface area contributed by atoms with Crippen molar-refractivity contribution in [1.82, 2.24) is 10.2 Å². The van der Waals surface area contributed by atoms with Crippen LogP contribution in [0.15, 0.2) is 24.3 Å². The highest BCUT2D eigenvalue weighted by Crippen LogP contribution is 2.35. The maximum Gasteiger partial charge on any atom is 0.118 e. The van der Waals surface area contributed by atoms with Crippen molar-refractivity contribution in [1.29, 1.82) is 0 Å². The lowest BCUT2D eigenvalue weighted by atomic mass is 9.89. The summed E-state index contributed by atoms with van der Waals surface area (Å²) in [6.45, 7) is 2.36. The first-order chi connectivity index (χ1) is 10.3. The standard InChI is InChI=1S/C18H28N2O/c1-20-12-4-3-5-15(13-19-16-8-9-16)18(20)14-6-10-17(21-2)11-7-14/h6-7,10-11,15-16,18-19H,3-5,8-9,12-13H2,1-2H3. The molecular weight excluding hydrogens is 260 g/mol. The van der Waals surface area contributed by atoms with E-state index in [9.17, 15) is 0 Å². The molecule has 1 heterocycles. The summed E-state index contributed by atoms with van der Waals surface area (Å²) in [7, 11) is 4.01. The molecule has 0 amide bonds. The number of hydrogen-bond acceptors (Lipinski definition) is 3. The van der Waals surface area contributed by atoms with E-state index in [1.807, 2.05) is 0 Å². The molecule has 2 aliphatic rings. The van der Waals surface area contributed by atoms with E-state index in [0.29, 0.717) is 12.0 Å². The summed E-state index contributed by atoms with van der Waals surface area (Å²) >= 11 is 0. The molecule has 3 heteroatoms. The van der Waals surface area contributed by atoms with Crippen LogP contribution in [-0.2, 0) is 0 Å². The van der Waals surface area contributed by atoms with Gasteiger partial charge in [0.2, 0.25) is 0 Å². The Kier molecular flexibility index (Phi) is 4.81. The number of nitrogens with one attached hydrogen (secondary N) is 1. The third-order valence-corrected chi connectivity index (χ3v) is 4.96. The van der Waals surface area contributed by atoms with Crippen LogP contribution >= 0.6 is 0 Å². The predicted molar refractivity (Wildman–Crippen MR) is 86.7 cm³/mol. The number of hydrogen-bond donors (Lipinski definition) is 1. The number of nitrogens with zero attached hydrogens (tertiary/aromatic N) is 1. The number of rotatable bonds is 5. The van der Waals surface area contributed by atoms with Crippen LogP contribution in [0.25, 0.3) is 0 Å². The van der Waals surface area contributed by atoms with Crippen LogP contribution < -0.4 is 10.1 Å². The molecule has 0 bridgehead atoms. The second-order valence-electron chi connectivity index (χ2n) is 6.64. The first kappa shape index (κ1) is 14.9. The zero-order chi connectivity index (χ0) is 14.7. The van der Waals surface area contributed by atoms with Crippen molar-refractivity contribution in [2.75, 3.05) is 27.2 Å². The van der Waals surface area contributed by atoms with Crippen LogP contribution in [0.2, 0.25) is 0 Å². The van der Waals surface area contributed by atoms with Crippen LogP contribution in [0.4, 0.5) is 0 Å². The molecule has 2 unspecified atom stereocenters. The van der Waals surface area contributed by atoms with Gasteiger partial charge in [0.05, 0.1) is 7.11 Å². The summed E-state index contributed by atoms with van der Waals surface area (Å²) in [6, 6.07) is 10.0. The first-order valence-electron chi connectivity index (χ1n) is 8.35. The van der Waals surface area contributed by atoms with Gasteiger partial charge in [-0.2, -0.15) is 0 Å². The van der Waals surface area contributed by atoms with Gasteiger partial charge in [0.25, 0.3) is 0 Å². The fourth-order valence-electron chi connectivity index (χ4n) is 3.57. The van der Waals surface area contributed by atoms with Gasteiger partial charge in [0.15, 0.2) is 0 Å². The highest BCUT2D eigenvalue weighted by atomic mass is 16.5.